The number of hydrogen-bond donors (Lipinski definition) is 2. The van der Waals surface area contributed by atoms with Crippen LogP contribution < -0.4 is 16.0 Å². The minimum Gasteiger partial charge on any atom is -0.372 e. The molecule has 0 radical (unpaired) electrons. The summed E-state index contributed by atoms with van der Waals surface area (Å²) in [6.45, 7) is 11.6. The van der Waals surface area contributed by atoms with Gasteiger partial charge in [0, 0.05) is 30.3 Å². The molecule has 2 aliphatic rings. The van der Waals surface area contributed by atoms with Gasteiger partial charge in [-0.05, 0) is 78.4 Å². The third-order valence-corrected chi connectivity index (χ3v) is 8.58. The Hall–Kier alpha value is -3.51. The molecule has 0 unspecified atom stereocenters. The molecular formula is C32H37N4OS+. The second kappa shape index (κ2) is 10.7. The summed E-state index contributed by atoms with van der Waals surface area (Å²) in [4.78, 5) is 16.0. The summed E-state index contributed by atoms with van der Waals surface area (Å²) in [5, 5.41) is 4.39. The van der Waals surface area contributed by atoms with Gasteiger partial charge in [0.2, 0.25) is 5.12 Å². The van der Waals surface area contributed by atoms with Crippen LogP contribution in [0.2, 0.25) is 0 Å². The molecule has 0 amide bonds. The summed E-state index contributed by atoms with van der Waals surface area (Å²) in [6, 6.07) is 26.9. The molecule has 2 heterocycles. The van der Waals surface area contributed by atoms with Crippen LogP contribution in [0, 0.1) is 5.41 Å². The molecule has 0 spiro atoms. The normalized spacial score (nSPS) is 19.8. The lowest BCUT2D eigenvalue weighted by Gasteiger charge is -2.36. The predicted molar refractivity (Wildman–Crippen MR) is 160 cm³/mol. The number of nitrogens with one attached hydrogen (secondary N) is 1. The van der Waals surface area contributed by atoms with Crippen molar-refractivity contribution < 1.29 is 9.37 Å². The zero-order chi connectivity index (χ0) is 26.9. The van der Waals surface area contributed by atoms with E-state index >= 15 is 0 Å². The Bertz CT molecular complexity index is 1390. The number of rotatable bonds is 5. The standard InChI is InChI=1S/C32H36N4OS/c1-5-35(6-2)24-18-16-22(17-19-24)28-25-14-10-11-15-26(25)30(37)38-29-27(28)20-32(3,4)21-36(29)31(33)34-23-12-8-7-9-13-23/h7-19,28H,5-6,20-21H2,1-4H3,(H2,33,34)/p+1/t28-/m1/s1. The van der Waals surface area contributed by atoms with Gasteiger partial charge in [-0.3, -0.25) is 10.5 Å². The summed E-state index contributed by atoms with van der Waals surface area (Å²) < 4.78 is 2.12. The van der Waals surface area contributed by atoms with Gasteiger partial charge in [-0.25, -0.2) is 9.89 Å². The SMILES string of the molecule is CCN(CC)c1ccc([C@H]2C3=C(SC(=O)c4ccccc42)[N+](=C(N)Nc2ccccc2)CC(C)(C)C3)cc1. The van der Waals surface area contributed by atoms with E-state index in [0.29, 0.717) is 5.96 Å². The fourth-order valence-corrected chi connectivity index (χ4v) is 6.78. The quantitative estimate of drug-likeness (QED) is 0.289. The van der Waals surface area contributed by atoms with E-state index in [0.717, 1.165) is 47.9 Å². The maximum absolute atomic E-state index is 13.7. The number of benzene rings is 3. The van der Waals surface area contributed by atoms with Gasteiger partial charge in [-0.2, -0.15) is 0 Å². The third kappa shape index (κ3) is 5.10. The topological polar surface area (TPSA) is 61.4 Å². The van der Waals surface area contributed by atoms with Crippen LogP contribution in [0.4, 0.5) is 11.4 Å². The summed E-state index contributed by atoms with van der Waals surface area (Å²) in [5.74, 6) is 0.510. The number of guanidine groups is 1. The average Bonchev–Trinajstić information content (AvgIpc) is 3.03. The first-order chi connectivity index (χ1) is 18.3. The Balaban J connectivity index is 1.69. The Labute approximate surface area is 230 Å². The number of allylic oxidation sites excluding steroid dienone is 1. The van der Waals surface area contributed by atoms with Crippen LogP contribution in [0.5, 0.6) is 0 Å². The highest BCUT2D eigenvalue weighted by Gasteiger charge is 2.42. The number of nitrogens with two attached hydrogens (primary N) is 1. The second-order valence-electron chi connectivity index (χ2n) is 10.8. The van der Waals surface area contributed by atoms with Crippen molar-refractivity contribution in [2.24, 2.45) is 11.1 Å². The molecule has 2 aliphatic heterocycles. The second-order valence-corrected chi connectivity index (χ2v) is 11.8. The van der Waals surface area contributed by atoms with Gasteiger partial charge in [-0.1, -0.05) is 68.4 Å². The molecule has 3 N–H and O–H groups in total. The fraction of sp³-hybridized carbons (Fsp3) is 0.312. The number of carbonyl (C=O) groups is 1. The lowest BCUT2D eigenvalue weighted by Crippen LogP contribution is -2.42. The number of thioether (sulfide) groups is 1. The maximum Gasteiger partial charge on any atom is 0.353 e. The monoisotopic (exact) mass is 525 g/mol. The highest BCUT2D eigenvalue weighted by atomic mass is 32.2. The molecule has 3 aromatic rings. The van der Waals surface area contributed by atoms with Gasteiger partial charge in [-0.15, -0.1) is 0 Å². The fourth-order valence-electron chi connectivity index (χ4n) is 5.71. The van der Waals surface area contributed by atoms with E-state index in [4.69, 9.17) is 5.73 Å². The van der Waals surface area contributed by atoms with Gasteiger partial charge in [0.05, 0.1) is 12.2 Å². The molecule has 38 heavy (non-hydrogen) atoms. The molecule has 0 aromatic heterocycles. The van der Waals surface area contributed by atoms with Crippen molar-refractivity contribution in [3.05, 3.63) is 106 Å². The van der Waals surface area contributed by atoms with E-state index in [2.05, 4.69) is 72.8 Å². The Morgan fingerprint density at radius 3 is 2.34 bits per heavy atom. The van der Waals surface area contributed by atoms with Crippen LogP contribution in [-0.2, 0) is 0 Å². The Morgan fingerprint density at radius 1 is 1.00 bits per heavy atom. The highest BCUT2D eigenvalue weighted by molar-refractivity contribution is 8.17. The smallest absolute Gasteiger partial charge is 0.353 e. The van der Waals surface area contributed by atoms with E-state index in [-0.39, 0.29) is 16.4 Å². The molecule has 196 valence electrons. The molecule has 0 fully saturated rings. The molecule has 5 rings (SSSR count). The zero-order valence-electron chi connectivity index (χ0n) is 22.7. The van der Waals surface area contributed by atoms with Gasteiger partial charge in [0.25, 0.3) is 0 Å². The molecule has 6 heteroatoms. The van der Waals surface area contributed by atoms with Gasteiger partial charge in [0.1, 0.15) is 5.03 Å². The van der Waals surface area contributed by atoms with E-state index in [9.17, 15) is 4.79 Å². The number of carbonyl (C=O) groups excluding carboxylic acids is 1. The molecule has 1 atom stereocenters. The Morgan fingerprint density at radius 2 is 1.66 bits per heavy atom. The van der Waals surface area contributed by atoms with Crippen molar-refractivity contribution in [1.82, 2.24) is 0 Å². The number of anilines is 2. The number of para-hydroxylation sites is 1. The van der Waals surface area contributed by atoms with Crippen molar-refractivity contribution in [2.45, 2.75) is 40.0 Å². The summed E-state index contributed by atoms with van der Waals surface area (Å²) in [7, 11) is 0. The number of nitrogens with zero attached hydrogens (tertiary/aromatic N) is 2. The van der Waals surface area contributed by atoms with Crippen LogP contribution in [0.1, 0.15) is 61.5 Å². The van der Waals surface area contributed by atoms with Crippen LogP contribution in [-0.4, -0.2) is 35.3 Å². The van der Waals surface area contributed by atoms with Crippen LogP contribution in [0.3, 0.4) is 0 Å². The van der Waals surface area contributed by atoms with E-state index in [1.165, 1.54) is 28.6 Å². The number of fused-ring (bicyclic) bond motifs is 1. The van der Waals surface area contributed by atoms with E-state index in [1.807, 2.05) is 48.5 Å². The van der Waals surface area contributed by atoms with E-state index < -0.39 is 0 Å². The van der Waals surface area contributed by atoms with Crippen molar-refractivity contribution in [2.75, 3.05) is 29.9 Å². The number of hydrogen-bond acceptors (Lipinski definition) is 3. The lowest BCUT2D eigenvalue weighted by molar-refractivity contribution is -0.488. The molecular weight excluding hydrogens is 488 g/mol. The average molecular weight is 526 g/mol. The van der Waals surface area contributed by atoms with Crippen molar-refractivity contribution >= 4 is 34.2 Å². The molecule has 0 bridgehead atoms. The molecule has 0 saturated heterocycles. The van der Waals surface area contributed by atoms with Crippen molar-refractivity contribution in [3.63, 3.8) is 0 Å². The summed E-state index contributed by atoms with van der Waals surface area (Å²) >= 11 is 1.31. The van der Waals surface area contributed by atoms with Crippen LogP contribution in [0.25, 0.3) is 0 Å². The lowest BCUT2D eigenvalue weighted by atomic mass is 9.74. The summed E-state index contributed by atoms with van der Waals surface area (Å²) in [5.41, 5.74) is 13.1. The minimum absolute atomic E-state index is 0.0301. The predicted octanol–water partition coefficient (Wildman–Crippen LogP) is 6.63. The van der Waals surface area contributed by atoms with Crippen LogP contribution in [0.15, 0.2) is 89.5 Å². The molecule has 3 aromatic carbocycles. The van der Waals surface area contributed by atoms with Crippen molar-refractivity contribution in [1.29, 1.82) is 0 Å². The third-order valence-electron chi connectivity index (χ3n) is 7.50. The summed E-state index contributed by atoms with van der Waals surface area (Å²) in [6.07, 6.45) is 0.883. The molecule has 0 saturated carbocycles. The van der Waals surface area contributed by atoms with Gasteiger partial charge < -0.3 is 4.90 Å². The van der Waals surface area contributed by atoms with Crippen LogP contribution >= 0.6 is 11.8 Å². The first-order valence-corrected chi connectivity index (χ1v) is 14.2. The van der Waals surface area contributed by atoms with Crippen molar-refractivity contribution in [3.8, 4) is 0 Å². The highest BCUT2D eigenvalue weighted by Crippen LogP contribution is 2.50. The van der Waals surface area contributed by atoms with Gasteiger partial charge in [0.15, 0.2) is 0 Å². The van der Waals surface area contributed by atoms with E-state index in [1.54, 1.807) is 0 Å². The Kier molecular flexibility index (Phi) is 7.35. The zero-order valence-corrected chi connectivity index (χ0v) is 23.5. The largest absolute Gasteiger partial charge is 0.372 e. The van der Waals surface area contributed by atoms with Gasteiger partial charge >= 0.3 is 5.96 Å². The minimum atomic E-state index is -0.0376. The maximum atomic E-state index is 13.7. The molecule has 0 aliphatic carbocycles. The molecule has 5 nitrogen and oxygen atoms in total. The first kappa shape index (κ1) is 26.1. The first-order valence-electron chi connectivity index (χ1n) is 13.4.